The molecule has 0 bridgehead atoms. The molecule has 3 rings (SSSR count). The summed E-state index contributed by atoms with van der Waals surface area (Å²) in [6, 6.07) is 13.1. The molecule has 0 atom stereocenters. The molecule has 1 N–H and O–H groups in total. The average molecular weight is 367 g/mol. The van der Waals surface area contributed by atoms with Gasteiger partial charge in [-0.2, -0.15) is 0 Å². The van der Waals surface area contributed by atoms with Crippen LogP contribution < -0.4 is 4.72 Å². The second-order valence-corrected chi connectivity index (χ2v) is 7.46. The predicted molar refractivity (Wildman–Crippen MR) is 97.9 cm³/mol. The topological polar surface area (TPSA) is 89.0 Å². The van der Waals surface area contributed by atoms with Gasteiger partial charge in [0.05, 0.1) is 10.6 Å². The minimum Gasteiger partial charge on any atom is -0.295 e. The quantitative estimate of drug-likeness (QED) is 0.677. The van der Waals surface area contributed by atoms with Crippen molar-refractivity contribution in [3.05, 3.63) is 78.2 Å². The van der Waals surface area contributed by atoms with E-state index < -0.39 is 10.0 Å². The first kappa shape index (κ1) is 17.9. The minimum atomic E-state index is -3.67. The number of hydrogen-bond acceptors (Lipinski definition) is 5. The molecule has 1 aromatic carbocycles. The molecule has 7 heteroatoms. The second kappa shape index (κ2) is 7.55. The van der Waals surface area contributed by atoms with Crippen molar-refractivity contribution in [1.29, 1.82) is 0 Å². The highest BCUT2D eigenvalue weighted by Gasteiger charge is 2.14. The molecule has 26 heavy (non-hydrogen) atoms. The van der Waals surface area contributed by atoms with Crippen LogP contribution in [-0.2, 0) is 16.6 Å². The third-order valence-electron chi connectivity index (χ3n) is 3.82. The summed E-state index contributed by atoms with van der Waals surface area (Å²) >= 11 is 0. The first-order chi connectivity index (χ1) is 12.5. The minimum absolute atomic E-state index is 0.110. The van der Waals surface area contributed by atoms with Gasteiger partial charge in [0.25, 0.3) is 0 Å². The Morgan fingerprint density at radius 1 is 1.08 bits per heavy atom. The Kier molecular flexibility index (Phi) is 5.20. The van der Waals surface area contributed by atoms with Crippen LogP contribution in [-0.4, -0.2) is 24.2 Å². The number of nitrogens with zero attached hydrogens (tertiary/aromatic N) is 2. The smallest absolute Gasteiger partial charge is 0.240 e. The van der Waals surface area contributed by atoms with Crippen LogP contribution >= 0.6 is 0 Å². The first-order valence-corrected chi connectivity index (χ1v) is 9.40. The Morgan fingerprint density at radius 3 is 2.50 bits per heavy atom. The van der Waals surface area contributed by atoms with Gasteiger partial charge in [-0.3, -0.25) is 14.8 Å². The van der Waals surface area contributed by atoms with Gasteiger partial charge < -0.3 is 0 Å². The molecular formula is C19H17N3O3S. The van der Waals surface area contributed by atoms with E-state index >= 15 is 0 Å². The lowest BCUT2D eigenvalue weighted by atomic mass is 10.1. The zero-order chi connectivity index (χ0) is 18.6. The molecular weight excluding hydrogens is 350 g/mol. The molecule has 0 spiro atoms. The Balaban J connectivity index is 1.75. The van der Waals surface area contributed by atoms with Crippen molar-refractivity contribution < 1.29 is 13.2 Å². The van der Waals surface area contributed by atoms with Crippen LogP contribution in [0.15, 0.2) is 72.0 Å². The third-order valence-corrected chi connectivity index (χ3v) is 5.24. The summed E-state index contributed by atoms with van der Waals surface area (Å²) in [5.74, 6) is -0.110. The second-order valence-electron chi connectivity index (χ2n) is 5.70. The third kappa shape index (κ3) is 4.19. The number of ketones is 1. The average Bonchev–Trinajstić information content (AvgIpc) is 2.67. The van der Waals surface area contributed by atoms with E-state index in [1.54, 1.807) is 24.7 Å². The van der Waals surface area contributed by atoms with Gasteiger partial charge in [0.15, 0.2) is 5.78 Å². The summed E-state index contributed by atoms with van der Waals surface area (Å²) in [6.07, 6.45) is 5.01. The number of sulfonamides is 1. The van der Waals surface area contributed by atoms with Crippen LogP contribution in [0, 0.1) is 0 Å². The van der Waals surface area contributed by atoms with Gasteiger partial charge >= 0.3 is 0 Å². The number of pyridine rings is 2. The van der Waals surface area contributed by atoms with E-state index in [0.29, 0.717) is 5.56 Å². The molecule has 0 amide bonds. The van der Waals surface area contributed by atoms with Crippen LogP contribution in [0.3, 0.4) is 0 Å². The van der Waals surface area contributed by atoms with Gasteiger partial charge in [-0.15, -0.1) is 0 Å². The molecule has 0 saturated carbocycles. The Hall–Kier alpha value is -2.90. The van der Waals surface area contributed by atoms with Crippen LogP contribution in [0.5, 0.6) is 0 Å². The fourth-order valence-corrected chi connectivity index (χ4v) is 3.40. The van der Waals surface area contributed by atoms with Crippen molar-refractivity contribution >= 4 is 15.8 Å². The first-order valence-electron chi connectivity index (χ1n) is 7.92. The lowest BCUT2D eigenvalue weighted by Crippen LogP contribution is -2.23. The molecule has 2 aromatic heterocycles. The highest BCUT2D eigenvalue weighted by molar-refractivity contribution is 7.89. The van der Waals surface area contributed by atoms with E-state index in [0.717, 1.165) is 16.8 Å². The summed E-state index contributed by atoms with van der Waals surface area (Å²) in [6.45, 7) is 1.57. The van der Waals surface area contributed by atoms with Crippen molar-refractivity contribution in [3.63, 3.8) is 0 Å². The molecule has 2 heterocycles. The number of rotatable bonds is 6. The molecule has 0 unspecified atom stereocenters. The van der Waals surface area contributed by atoms with Crippen molar-refractivity contribution in [2.75, 3.05) is 0 Å². The Labute approximate surface area is 152 Å². The molecule has 0 radical (unpaired) electrons. The molecule has 0 aliphatic heterocycles. The summed E-state index contributed by atoms with van der Waals surface area (Å²) in [7, 11) is -3.67. The van der Waals surface area contributed by atoms with Crippen molar-refractivity contribution in [1.82, 2.24) is 14.7 Å². The number of aromatic nitrogens is 2. The zero-order valence-electron chi connectivity index (χ0n) is 14.1. The molecule has 0 aliphatic rings. The number of Topliss-reactive ketones (excluding diaryl/α,β-unsaturated/α-hetero) is 1. The van der Waals surface area contributed by atoms with E-state index in [1.807, 2.05) is 18.2 Å². The van der Waals surface area contributed by atoms with E-state index in [4.69, 9.17) is 0 Å². The standard InChI is InChI=1S/C19H17N3O3S/c1-14(23)16-4-6-18(7-5-16)26(24,25)22-12-15-8-10-21-19(11-15)17-3-2-9-20-13-17/h2-11,13,22H,12H2,1H3. The maximum Gasteiger partial charge on any atom is 0.240 e. The summed E-state index contributed by atoms with van der Waals surface area (Å²) in [4.78, 5) is 19.8. The van der Waals surface area contributed by atoms with Gasteiger partial charge in [0.2, 0.25) is 10.0 Å². The molecule has 0 fully saturated rings. The van der Waals surface area contributed by atoms with E-state index in [9.17, 15) is 13.2 Å². The maximum absolute atomic E-state index is 12.4. The fraction of sp³-hybridized carbons (Fsp3) is 0.105. The largest absolute Gasteiger partial charge is 0.295 e. The highest BCUT2D eigenvalue weighted by atomic mass is 32.2. The van der Waals surface area contributed by atoms with Crippen LogP contribution in [0.4, 0.5) is 0 Å². The van der Waals surface area contributed by atoms with Crippen molar-refractivity contribution in [3.8, 4) is 11.3 Å². The highest BCUT2D eigenvalue weighted by Crippen LogP contribution is 2.17. The fourth-order valence-electron chi connectivity index (χ4n) is 2.39. The van der Waals surface area contributed by atoms with Gasteiger partial charge in [0.1, 0.15) is 0 Å². The molecule has 0 aliphatic carbocycles. The van der Waals surface area contributed by atoms with Gasteiger partial charge in [0, 0.05) is 36.3 Å². The van der Waals surface area contributed by atoms with Crippen LogP contribution in [0.2, 0.25) is 0 Å². The van der Waals surface area contributed by atoms with E-state index in [-0.39, 0.29) is 17.2 Å². The van der Waals surface area contributed by atoms with Crippen molar-refractivity contribution in [2.24, 2.45) is 0 Å². The number of benzene rings is 1. The number of carbonyl (C=O) groups excluding carboxylic acids is 1. The molecule has 3 aromatic rings. The lowest BCUT2D eigenvalue weighted by Gasteiger charge is -2.08. The summed E-state index contributed by atoms with van der Waals surface area (Å²) in [5, 5.41) is 0. The summed E-state index contributed by atoms with van der Waals surface area (Å²) < 4.78 is 27.4. The number of hydrogen-bond donors (Lipinski definition) is 1. The monoisotopic (exact) mass is 367 g/mol. The molecule has 0 saturated heterocycles. The van der Waals surface area contributed by atoms with Crippen LogP contribution in [0.1, 0.15) is 22.8 Å². The van der Waals surface area contributed by atoms with E-state index in [2.05, 4.69) is 14.7 Å². The predicted octanol–water partition coefficient (Wildman–Crippen LogP) is 2.82. The molecule has 6 nitrogen and oxygen atoms in total. The normalized spacial score (nSPS) is 11.3. The lowest BCUT2D eigenvalue weighted by molar-refractivity contribution is 0.101. The Bertz CT molecular complexity index is 1020. The zero-order valence-corrected chi connectivity index (χ0v) is 14.9. The van der Waals surface area contributed by atoms with E-state index in [1.165, 1.54) is 31.2 Å². The molecule has 132 valence electrons. The van der Waals surface area contributed by atoms with Gasteiger partial charge in [-0.25, -0.2) is 13.1 Å². The maximum atomic E-state index is 12.4. The van der Waals surface area contributed by atoms with Gasteiger partial charge in [-0.05, 0) is 48.9 Å². The van der Waals surface area contributed by atoms with Crippen molar-refractivity contribution in [2.45, 2.75) is 18.4 Å². The van der Waals surface area contributed by atoms with Gasteiger partial charge in [-0.1, -0.05) is 12.1 Å². The number of carbonyl (C=O) groups is 1. The SMILES string of the molecule is CC(=O)c1ccc(S(=O)(=O)NCc2ccnc(-c3cccnc3)c2)cc1. The number of nitrogens with one attached hydrogen (secondary N) is 1. The van der Waals surface area contributed by atoms with Crippen LogP contribution in [0.25, 0.3) is 11.3 Å². The Morgan fingerprint density at radius 2 is 1.85 bits per heavy atom. The summed E-state index contributed by atoms with van der Waals surface area (Å²) in [5.41, 5.74) is 2.83.